The Morgan fingerprint density at radius 2 is 1.83 bits per heavy atom. The maximum atomic E-state index is 14.1. The van der Waals surface area contributed by atoms with E-state index in [-0.39, 0.29) is 23.6 Å². The molecule has 0 N–H and O–H groups in total. The molecule has 2 atom stereocenters. The number of hydrogen-bond acceptors (Lipinski definition) is 4. The summed E-state index contributed by atoms with van der Waals surface area (Å²) >= 11 is 0. The number of carbonyl (C=O) groups excluding carboxylic acids is 1. The Morgan fingerprint density at radius 3 is 2.47 bits per heavy atom. The van der Waals surface area contributed by atoms with E-state index in [0.29, 0.717) is 41.9 Å². The molecule has 3 aromatic heterocycles. The van der Waals surface area contributed by atoms with Crippen LogP contribution in [0.5, 0.6) is 0 Å². The maximum absolute atomic E-state index is 14.1. The third kappa shape index (κ3) is 3.86. The molecule has 0 saturated carbocycles. The molecule has 2 unspecified atom stereocenters. The third-order valence-electron chi connectivity index (χ3n) is 6.75. The van der Waals surface area contributed by atoms with Gasteiger partial charge in [-0.15, -0.1) is 0 Å². The molecule has 1 amide bonds. The summed E-state index contributed by atoms with van der Waals surface area (Å²) < 4.78 is 44.9. The molecular weight excluding hydrogens is 469 g/mol. The van der Waals surface area contributed by atoms with Crippen molar-refractivity contribution in [3.63, 3.8) is 0 Å². The first-order valence-corrected chi connectivity index (χ1v) is 11.8. The van der Waals surface area contributed by atoms with Crippen LogP contribution in [0.1, 0.15) is 54.3 Å². The first-order chi connectivity index (χ1) is 17.3. The average molecular weight is 495 g/mol. The monoisotopic (exact) mass is 494 g/mol. The van der Waals surface area contributed by atoms with E-state index in [1.165, 1.54) is 6.20 Å². The van der Waals surface area contributed by atoms with Crippen LogP contribution in [0.25, 0.3) is 16.9 Å². The van der Waals surface area contributed by atoms with Crippen LogP contribution in [0, 0.1) is 17.5 Å². The van der Waals surface area contributed by atoms with Gasteiger partial charge in [0.15, 0.2) is 17.5 Å². The lowest BCUT2D eigenvalue weighted by Gasteiger charge is -2.41. The molecule has 0 radical (unpaired) electrons. The summed E-state index contributed by atoms with van der Waals surface area (Å²) in [6, 6.07) is 4.99. The van der Waals surface area contributed by atoms with E-state index in [0.717, 1.165) is 17.7 Å². The van der Waals surface area contributed by atoms with E-state index >= 15 is 0 Å². The molecule has 0 aliphatic carbocycles. The van der Waals surface area contributed by atoms with Crippen LogP contribution in [0.15, 0.2) is 49.1 Å². The van der Waals surface area contributed by atoms with Crippen molar-refractivity contribution in [3.05, 3.63) is 83.3 Å². The minimum Gasteiger partial charge on any atom is -0.327 e. The van der Waals surface area contributed by atoms with Gasteiger partial charge in [-0.25, -0.2) is 17.9 Å². The Morgan fingerprint density at radius 1 is 1.08 bits per heavy atom. The summed E-state index contributed by atoms with van der Waals surface area (Å²) in [5.41, 5.74) is 3.33. The summed E-state index contributed by atoms with van der Waals surface area (Å²) in [7, 11) is 1.68. The van der Waals surface area contributed by atoms with E-state index < -0.39 is 17.5 Å². The number of pyridine rings is 1. The van der Waals surface area contributed by atoms with Crippen LogP contribution < -0.4 is 0 Å². The zero-order valence-electron chi connectivity index (χ0n) is 20.1. The van der Waals surface area contributed by atoms with Gasteiger partial charge in [0.1, 0.15) is 0 Å². The van der Waals surface area contributed by atoms with Crippen LogP contribution >= 0.6 is 0 Å². The predicted molar refractivity (Wildman–Crippen MR) is 127 cm³/mol. The highest BCUT2D eigenvalue weighted by Crippen LogP contribution is 2.41. The zero-order chi connectivity index (χ0) is 25.6. The van der Waals surface area contributed by atoms with Crippen LogP contribution in [-0.4, -0.2) is 41.4 Å². The molecule has 7 nitrogen and oxygen atoms in total. The molecule has 1 aliphatic rings. The summed E-state index contributed by atoms with van der Waals surface area (Å²) in [5.74, 6) is -4.19. The van der Waals surface area contributed by atoms with Gasteiger partial charge in [-0.05, 0) is 43.5 Å². The maximum Gasteiger partial charge on any atom is 0.256 e. The summed E-state index contributed by atoms with van der Waals surface area (Å²) in [5, 5.41) is 8.88. The predicted octanol–water partition coefficient (Wildman–Crippen LogP) is 5.01. The number of rotatable bonds is 5. The number of benzene rings is 1. The normalized spacial score (nSPS) is 17.3. The van der Waals surface area contributed by atoms with Crippen LogP contribution in [0.4, 0.5) is 13.2 Å². The molecule has 0 spiro atoms. The van der Waals surface area contributed by atoms with Crippen molar-refractivity contribution in [1.29, 1.82) is 0 Å². The third-order valence-corrected chi connectivity index (χ3v) is 6.75. The number of hydrogen-bond donors (Lipinski definition) is 0. The van der Waals surface area contributed by atoms with Gasteiger partial charge in [-0.3, -0.25) is 14.5 Å². The lowest BCUT2D eigenvalue weighted by atomic mass is 9.87. The number of aryl methyl sites for hydroxylation is 1. The number of nitrogens with zero attached hydrogens (tertiary/aromatic N) is 6. The lowest BCUT2D eigenvalue weighted by molar-refractivity contribution is 0.0512. The van der Waals surface area contributed by atoms with Gasteiger partial charge in [-0.1, -0.05) is 13.8 Å². The van der Waals surface area contributed by atoms with Crippen molar-refractivity contribution in [2.24, 2.45) is 7.05 Å². The highest BCUT2D eigenvalue weighted by molar-refractivity contribution is 5.95. The molecule has 0 bridgehead atoms. The Kier molecular flexibility index (Phi) is 6.11. The molecule has 36 heavy (non-hydrogen) atoms. The van der Waals surface area contributed by atoms with Crippen molar-refractivity contribution >= 4 is 5.91 Å². The van der Waals surface area contributed by atoms with Crippen molar-refractivity contribution in [2.45, 2.75) is 45.2 Å². The molecule has 186 valence electrons. The van der Waals surface area contributed by atoms with Crippen LogP contribution in [0.3, 0.4) is 0 Å². The second kappa shape index (κ2) is 9.25. The second-order valence-corrected chi connectivity index (χ2v) is 8.87. The van der Waals surface area contributed by atoms with Crippen molar-refractivity contribution in [1.82, 2.24) is 29.4 Å². The Bertz CT molecular complexity index is 1410. The fraction of sp³-hybridized carbons (Fsp3) is 0.308. The first-order valence-electron chi connectivity index (χ1n) is 11.8. The Balaban J connectivity index is 1.58. The number of amides is 1. The largest absolute Gasteiger partial charge is 0.327 e. The fourth-order valence-corrected chi connectivity index (χ4v) is 5.11. The van der Waals surface area contributed by atoms with Gasteiger partial charge < -0.3 is 4.90 Å². The van der Waals surface area contributed by atoms with Gasteiger partial charge in [0.25, 0.3) is 5.91 Å². The summed E-state index contributed by atoms with van der Waals surface area (Å²) in [6.07, 6.45) is 8.30. The standard InChI is InChI=1S/C26H25F3N6O/c1-4-17-12-19-24(32-33(3)25(19)15-10-20(27)23(29)21(28)11-15)22(5-2)35(17)26(36)16-9-18(14-30-13-16)34-8-6-7-31-34/h6-11,13-14,17,22H,4-5,12H2,1-3H3. The number of aromatic nitrogens is 5. The van der Waals surface area contributed by atoms with E-state index in [9.17, 15) is 18.0 Å². The Hall–Kier alpha value is -3.95. The van der Waals surface area contributed by atoms with Crippen molar-refractivity contribution < 1.29 is 18.0 Å². The Labute approximate surface area is 206 Å². The van der Waals surface area contributed by atoms with Gasteiger partial charge in [-0.2, -0.15) is 10.2 Å². The number of carbonyl (C=O) groups is 1. The molecule has 10 heteroatoms. The van der Waals surface area contributed by atoms with Gasteiger partial charge >= 0.3 is 0 Å². The highest BCUT2D eigenvalue weighted by atomic mass is 19.2. The summed E-state index contributed by atoms with van der Waals surface area (Å²) in [4.78, 5) is 19.9. The van der Waals surface area contributed by atoms with Gasteiger partial charge in [0, 0.05) is 42.8 Å². The van der Waals surface area contributed by atoms with Crippen molar-refractivity contribution in [2.75, 3.05) is 0 Å². The molecule has 4 aromatic rings. The van der Waals surface area contributed by atoms with E-state index in [4.69, 9.17) is 0 Å². The number of halogens is 3. The first kappa shape index (κ1) is 23.8. The molecule has 1 aliphatic heterocycles. The van der Waals surface area contributed by atoms with E-state index in [2.05, 4.69) is 15.2 Å². The number of fused-ring (bicyclic) bond motifs is 1. The molecule has 0 fully saturated rings. The quantitative estimate of drug-likeness (QED) is 0.366. The average Bonchev–Trinajstić information content (AvgIpc) is 3.53. The smallest absolute Gasteiger partial charge is 0.256 e. The molecular formula is C26H25F3N6O. The lowest BCUT2D eigenvalue weighted by Crippen LogP contribution is -2.47. The summed E-state index contributed by atoms with van der Waals surface area (Å²) in [6.45, 7) is 3.96. The molecule has 0 saturated heterocycles. The van der Waals surface area contributed by atoms with E-state index in [1.54, 1.807) is 47.1 Å². The molecule has 1 aromatic carbocycles. The minimum atomic E-state index is -1.50. The SMILES string of the molecule is CCC1Cc2c(nn(C)c2-c2cc(F)c(F)c(F)c2)C(CC)N1C(=O)c1cncc(-n2cccn2)c1. The molecule has 5 rings (SSSR count). The van der Waals surface area contributed by atoms with Crippen LogP contribution in [0.2, 0.25) is 0 Å². The van der Waals surface area contributed by atoms with Gasteiger partial charge in [0.05, 0.1) is 34.9 Å². The second-order valence-electron chi connectivity index (χ2n) is 8.87. The molecule has 4 heterocycles. The fourth-order valence-electron chi connectivity index (χ4n) is 5.11. The zero-order valence-corrected chi connectivity index (χ0v) is 20.1. The van der Waals surface area contributed by atoms with Gasteiger partial charge in [0.2, 0.25) is 0 Å². The topological polar surface area (TPSA) is 68.8 Å². The van der Waals surface area contributed by atoms with Crippen molar-refractivity contribution in [3.8, 4) is 16.9 Å². The minimum absolute atomic E-state index is 0.174. The van der Waals surface area contributed by atoms with Crippen LogP contribution in [-0.2, 0) is 13.5 Å². The van der Waals surface area contributed by atoms with E-state index in [1.807, 2.05) is 18.7 Å². The highest BCUT2D eigenvalue weighted by Gasteiger charge is 2.40.